The van der Waals surface area contributed by atoms with Crippen molar-refractivity contribution in [2.75, 3.05) is 19.7 Å². The fourth-order valence-electron chi connectivity index (χ4n) is 2.52. The van der Waals surface area contributed by atoms with Crippen LogP contribution < -0.4 is 5.73 Å². The normalized spacial score (nSPS) is 28.9. The molecule has 3 heteroatoms. The molecule has 0 aromatic heterocycles. The van der Waals surface area contributed by atoms with Crippen LogP contribution in [0.15, 0.2) is 30.3 Å². The minimum atomic E-state index is -0.313. The first kappa shape index (κ1) is 13.5. The van der Waals surface area contributed by atoms with Gasteiger partial charge in [-0.3, -0.25) is 4.90 Å². The van der Waals surface area contributed by atoms with E-state index in [1.54, 1.807) is 0 Å². The van der Waals surface area contributed by atoms with E-state index in [0.717, 1.165) is 19.7 Å². The molecule has 1 saturated heterocycles. The average Bonchev–Trinajstić information content (AvgIpc) is 2.35. The Morgan fingerprint density at radius 1 is 1.33 bits per heavy atom. The van der Waals surface area contributed by atoms with Crippen LogP contribution in [0.5, 0.6) is 0 Å². The van der Waals surface area contributed by atoms with Crippen LogP contribution in [-0.4, -0.2) is 36.7 Å². The zero-order chi connectivity index (χ0) is 13.2. The number of hydrogen-bond acceptors (Lipinski definition) is 3. The third kappa shape index (κ3) is 3.10. The van der Waals surface area contributed by atoms with Crippen LogP contribution in [0.25, 0.3) is 0 Å². The molecule has 3 nitrogen and oxygen atoms in total. The summed E-state index contributed by atoms with van der Waals surface area (Å²) < 4.78 is 5.66. The number of ether oxygens (including phenoxy) is 1. The second kappa shape index (κ2) is 5.39. The molecule has 18 heavy (non-hydrogen) atoms. The Kier molecular flexibility index (Phi) is 4.05. The number of nitrogens with zero attached hydrogens (tertiary/aromatic N) is 1. The van der Waals surface area contributed by atoms with Gasteiger partial charge in [-0.25, -0.2) is 0 Å². The lowest BCUT2D eigenvalue weighted by Crippen LogP contribution is -2.54. The van der Waals surface area contributed by atoms with Crippen molar-refractivity contribution in [3.05, 3.63) is 35.9 Å². The van der Waals surface area contributed by atoms with E-state index in [4.69, 9.17) is 10.5 Å². The predicted octanol–water partition coefficient (Wildman–Crippen LogP) is 1.97. The SMILES string of the molecule is CC1CN(CC(C)(N)c2ccccc2)C(C)CO1. The van der Waals surface area contributed by atoms with E-state index in [2.05, 4.69) is 37.8 Å². The predicted molar refractivity (Wildman–Crippen MR) is 74.4 cm³/mol. The first-order valence-corrected chi connectivity index (χ1v) is 6.69. The van der Waals surface area contributed by atoms with Gasteiger partial charge in [0.05, 0.1) is 18.2 Å². The molecular formula is C15H24N2O. The Morgan fingerprint density at radius 3 is 2.67 bits per heavy atom. The largest absolute Gasteiger partial charge is 0.376 e. The Hall–Kier alpha value is -0.900. The summed E-state index contributed by atoms with van der Waals surface area (Å²) in [6, 6.07) is 10.8. The Morgan fingerprint density at radius 2 is 2.00 bits per heavy atom. The lowest BCUT2D eigenvalue weighted by molar-refractivity contribution is -0.0555. The Balaban J connectivity index is 2.07. The van der Waals surface area contributed by atoms with Gasteiger partial charge in [-0.1, -0.05) is 30.3 Å². The van der Waals surface area contributed by atoms with Crippen molar-refractivity contribution in [1.82, 2.24) is 4.90 Å². The second-order valence-corrected chi connectivity index (χ2v) is 5.71. The monoisotopic (exact) mass is 248 g/mol. The summed E-state index contributed by atoms with van der Waals surface area (Å²) in [5.74, 6) is 0. The van der Waals surface area contributed by atoms with Crippen LogP contribution in [0, 0.1) is 0 Å². The number of nitrogens with two attached hydrogens (primary N) is 1. The van der Waals surface area contributed by atoms with Gasteiger partial charge in [0, 0.05) is 19.1 Å². The number of benzene rings is 1. The molecule has 1 heterocycles. The topological polar surface area (TPSA) is 38.5 Å². The molecule has 0 radical (unpaired) electrons. The van der Waals surface area contributed by atoms with Crippen molar-refractivity contribution in [2.24, 2.45) is 5.73 Å². The highest BCUT2D eigenvalue weighted by atomic mass is 16.5. The molecule has 1 aromatic carbocycles. The van der Waals surface area contributed by atoms with Gasteiger partial charge >= 0.3 is 0 Å². The van der Waals surface area contributed by atoms with Crippen molar-refractivity contribution in [3.63, 3.8) is 0 Å². The van der Waals surface area contributed by atoms with Gasteiger partial charge in [0.25, 0.3) is 0 Å². The maximum Gasteiger partial charge on any atom is 0.0674 e. The van der Waals surface area contributed by atoms with Crippen molar-refractivity contribution in [1.29, 1.82) is 0 Å². The molecule has 0 saturated carbocycles. The molecule has 0 spiro atoms. The van der Waals surface area contributed by atoms with E-state index >= 15 is 0 Å². The smallest absolute Gasteiger partial charge is 0.0674 e. The molecule has 1 aliphatic heterocycles. The highest BCUT2D eigenvalue weighted by Gasteiger charge is 2.30. The molecule has 1 fully saturated rings. The van der Waals surface area contributed by atoms with Gasteiger partial charge < -0.3 is 10.5 Å². The molecule has 3 atom stereocenters. The minimum absolute atomic E-state index is 0.299. The summed E-state index contributed by atoms with van der Waals surface area (Å²) in [7, 11) is 0. The zero-order valence-electron chi connectivity index (χ0n) is 11.6. The van der Waals surface area contributed by atoms with Gasteiger partial charge in [-0.2, -0.15) is 0 Å². The highest BCUT2D eigenvalue weighted by Crippen LogP contribution is 2.22. The maximum absolute atomic E-state index is 6.49. The zero-order valence-corrected chi connectivity index (χ0v) is 11.6. The standard InChI is InChI=1S/C15H24N2O/c1-12-10-18-13(2)9-17(12)11-15(3,16)14-7-5-4-6-8-14/h4-8,12-13H,9-11,16H2,1-3H3. The van der Waals surface area contributed by atoms with Crippen LogP contribution in [0.2, 0.25) is 0 Å². The second-order valence-electron chi connectivity index (χ2n) is 5.71. The summed E-state index contributed by atoms with van der Waals surface area (Å²) in [5.41, 5.74) is 7.37. The van der Waals surface area contributed by atoms with E-state index in [1.165, 1.54) is 5.56 Å². The highest BCUT2D eigenvalue weighted by molar-refractivity contribution is 5.23. The van der Waals surface area contributed by atoms with Gasteiger partial charge in [-0.15, -0.1) is 0 Å². The molecule has 100 valence electrons. The summed E-state index contributed by atoms with van der Waals surface area (Å²) in [6.07, 6.45) is 0.299. The van der Waals surface area contributed by atoms with Crippen LogP contribution in [-0.2, 0) is 10.3 Å². The van der Waals surface area contributed by atoms with E-state index in [-0.39, 0.29) is 5.54 Å². The number of morpholine rings is 1. The van der Waals surface area contributed by atoms with E-state index in [9.17, 15) is 0 Å². The maximum atomic E-state index is 6.49. The summed E-state index contributed by atoms with van der Waals surface area (Å²) in [6.45, 7) is 9.05. The van der Waals surface area contributed by atoms with Crippen LogP contribution in [0.1, 0.15) is 26.3 Å². The molecule has 0 bridgehead atoms. The molecule has 2 rings (SSSR count). The van der Waals surface area contributed by atoms with Crippen molar-refractivity contribution in [3.8, 4) is 0 Å². The molecule has 1 aromatic rings. The van der Waals surface area contributed by atoms with Crippen molar-refractivity contribution >= 4 is 0 Å². The Labute approximate surface area is 110 Å². The molecule has 0 amide bonds. The van der Waals surface area contributed by atoms with E-state index in [1.807, 2.05) is 18.2 Å². The first-order chi connectivity index (χ1) is 8.49. The van der Waals surface area contributed by atoms with Crippen molar-refractivity contribution < 1.29 is 4.74 Å². The molecule has 1 aliphatic rings. The van der Waals surface area contributed by atoms with Gasteiger partial charge in [0.2, 0.25) is 0 Å². The van der Waals surface area contributed by atoms with Gasteiger partial charge in [-0.05, 0) is 26.3 Å². The van der Waals surface area contributed by atoms with Crippen LogP contribution in [0.4, 0.5) is 0 Å². The van der Waals surface area contributed by atoms with Crippen molar-refractivity contribution in [2.45, 2.75) is 38.5 Å². The fraction of sp³-hybridized carbons (Fsp3) is 0.600. The van der Waals surface area contributed by atoms with Crippen LogP contribution >= 0.6 is 0 Å². The van der Waals surface area contributed by atoms with E-state index in [0.29, 0.717) is 12.1 Å². The van der Waals surface area contributed by atoms with Gasteiger partial charge in [0.15, 0.2) is 0 Å². The lowest BCUT2D eigenvalue weighted by atomic mass is 9.92. The minimum Gasteiger partial charge on any atom is -0.376 e. The lowest BCUT2D eigenvalue weighted by Gasteiger charge is -2.41. The third-order valence-electron chi connectivity index (χ3n) is 3.70. The number of hydrogen-bond donors (Lipinski definition) is 1. The molecule has 3 unspecified atom stereocenters. The Bertz CT molecular complexity index is 377. The molecular weight excluding hydrogens is 224 g/mol. The summed E-state index contributed by atoms with van der Waals surface area (Å²) in [4.78, 5) is 2.43. The fourth-order valence-corrected chi connectivity index (χ4v) is 2.52. The number of rotatable bonds is 3. The summed E-state index contributed by atoms with van der Waals surface area (Å²) >= 11 is 0. The van der Waals surface area contributed by atoms with E-state index < -0.39 is 0 Å². The average molecular weight is 248 g/mol. The van der Waals surface area contributed by atoms with Gasteiger partial charge in [0.1, 0.15) is 0 Å². The molecule has 0 aliphatic carbocycles. The van der Waals surface area contributed by atoms with Crippen LogP contribution in [0.3, 0.4) is 0 Å². The first-order valence-electron chi connectivity index (χ1n) is 6.69. The third-order valence-corrected chi connectivity index (χ3v) is 3.70. The quantitative estimate of drug-likeness (QED) is 0.889. The molecule has 2 N–H and O–H groups in total. The summed E-state index contributed by atoms with van der Waals surface area (Å²) in [5, 5.41) is 0.